The fourth-order valence-corrected chi connectivity index (χ4v) is 4.73. The van der Waals surface area contributed by atoms with E-state index in [1.165, 1.54) is 33.1 Å². The van der Waals surface area contributed by atoms with Crippen molar-refractivity contribution in [3.05, 3.63) is 114 Å². The van der Waals surface area contributed by atoms with Crippen LogP contribution in [0.1, 0.15) is 15.9 Å². The Morgan fingerprint density at radius 3 is 2.12 bits per heavy atom. The van der Waals surface area contributed by atoms with Gasteiger partial charge in [-0.05, 0) is 42.5 Å². The Hall–Kier alpha value is -5.22. The van der Waals surface area contributed by atoms with Crippen molar-refractivity contribution in [3.8, 4) is 17.2 Å². The largest absolute Gasteiger partial charge is 0.497 e. The van der Waals surface area contributed by atoms with Crippen molar-refractivity contribution in [1.29, 1.82) is 0 Å². The van der Waals surface area contributed by atoms with Crippen LogP contribution in [0.5, 0.6) is 17.2 Å². The number of rotatable bonds is 12. The standard InChI is InChI=1S/C33H31N3O6S/c1-40-26-17-25(18-27(20-26)41-2)34-31(37)21-43-28-14-9-13-24(19-28)35-33(39)29(16-23-12-7-8-15-30(23)42-3)36-32(38)22-10-5-4-6-11-22/h4-20H,21H2,1-3H3,(H,34,37)(H,35,39)(H,36,38)/b29-16+. The number of carbonyl (C=O) groups is 3. The molecule has 0 heterocycles. The summed E-state index contributed by atoms with van der Waals surface area (Å²) >= 11 is 1.31. The van der Waals surface area contributed by atoms with E-state index < -0.39 is 11.8 Å². The Labute approximate surface area is 254 Å². The summed E-state index contributed by atoms with van der Waals surface area (Å²) in [5.41, 5.74) is 2.10. The first kappa shape index (κ1) is 30.7. The molecule has 0 aliphatic heterocycles. The molecule has 0 fully saturated rings. The lowest BCUT2D eigenvalue weighted by atomic mass is 10.1. The average molecular weight is 598 g/mol. The van der Waals surface area contributed by atoms with Gasteiger partial charge < -0.3 is 30.2 Å². The number of thioether (sulfide) groups is 1. The second-order valence-electron chi connectivity index (χ2n) is 9.04. The number of ether oxygens (including phenoxy) is 3. The van der Waals surface area contributed by atoms with Gasteiger partial charge in [-0.1, -0.05) is 42.5 Å². The second-order valence-corrected chi connectivity index (χ2v) is 10.1. The Morgan fingerprint density at radius 1 is 0.721 bits per heavy atom. The summed E-state index contributed by atoms with van der Waals surface area (Å²) in [5.74, 6) is 0.618. The number of benzene rings is 4. The van der Waals surface area contributed by atoms with E-state index in [9.17, 15) is 14.4 Å². The molecule has 0 aliphatic rings. The Kier molecular flexibility index (Phi) is 10.8. The van der Waals surface area contributed by atoms with Crippen molar-refractivity contribution >= 4 is 46.9 Å². The second kappa shape index (κ2) is 15.1. The van der Waals surface area contributed by atoms with Crippen molar-refractivity contribution < 1.29 is 28.6 Å². The van der Waals surface area contributed by atoms with Gasteiger partial charge in [-0.25, -0.2) is 0 Å². The van der Waals surface area contributed by atoms with Gasteiger partial charge in [0.05, 0.1) is 27.1 Å². The third kappa shape index (κ3) is 8.88. The maximum Gasteiger partial charge on any atom is 0.272 e. The molecule has 4 aromatic carbocycles. The third-order valence-corrected chi connectivity index (χ3v) is 7.06. The van der Waals surface area contributed by atoms with Crippen LogP contribution < -0.4 is 30.2 Å². The minimum absolute atomic E-state index is 0.0319. The molecule has 0 aromatic heterocycles. The first-order valence-corrected chi connectivity index (χ1v) is 14.2. The van der Waals surface area contributed by atoms with Crippen LogP contribution in [-0.2, 0) is 9.59 Å². The quantitative estimate of drug-likeness (QED) is 0.139. The smallest absolute Gasteiger partial charge is 0.272 e. The van der Waals surface area contributed by atoms with Crippen LogP contribution in [0.2, 0.25) is 0 Å². The molecule has 0 bridgehead atoms. The van der Waals surface area contributed by atoms with E-state index >= 15 is 0 Å². The van der Waals surface area contributed by atoms with E-state index in [1.807, 2.05) is 18.2 Å². The van der Waals surface area contributed by atoms with E-state index in [2.05, 4.69) is 16.0 Å². The summed E-state index contributed by atoms with van der Waals surface area (Å²) in [6.07, 6.45) is 1.56. The molecule has 0 saturated heterocycles. The maximum absolute atomic E-state index is 13.4. The van der Waals surface area contributed by atoms with E-state index in [4.69, 9.17) is 14.2 Å². The number of nitrogens with one attached hydrogen (secondary N) is 3. The molecule has 43 heavy (non-hydrogen) atoms. The van der Waals surface area contributed by atoms with E-state index in [0.29, 0.717) is 39.8 Å². The number of amides is 3. The van der Waals surface area contributed by atoms with Crippen molar-refractivity contribution in [3.63, 3.8) is 0 Å². The van der Waals surface area contributed by atoms with Gasteiger partial charge in [0.2, 0.25) is 5.91 Å². The lowest BCUT2D eigenvalue weighted by molar-refractivity contribution is -0.114. The highest BCUT2D eigenvalue weighted by Gasteiger charge is 2.16. The molecule has 0 aliphatic carbocycles. The van der Waals surface area contributed by atoms with Gasteiger partial charge in [-0.15, -0.1) is 11.8 Å². The molecule has 3 N–H and O–H groups in total. The number of methoxy groups -OCH3 is 3. The zero-order valence-electron chi connectivity index (χ0n) is 23.9. The van der Waals surface area contributed by atoms with Gasteiger partial charge in [0.15, 0.2) is 0 Å². The fourth-order valence-electron chi connectivity index (χ4n) is 3.97. The highest BCUT2D eigenvalue weighted by molar-refractivity contribution is 8.00. The highest BCUT2D eigenvalue weighted by atomic mass is 32.2. The molecule has 0 saturated carbocycles. The maximum atomic E-state index is 13.4. The van der Waals surface area contributed by atoms with E-state index in [-0.39, 0.29) is 17.4 Å². The lowest BCUT2D eigenvalue weighted by Gasteiger charge is -2.13. The monoisotopic (exact) mass is 597 g/mol. The Balaban J connectivity index is 1.46. The molecular formula is C33H31N3O6S. The minimum atomic E-state index is -0.526. The number of carbonyl (C=O) groups excluding carboxylic acids is 3. The van der Waals surface area contributed by atoms with Crippen molar-refractivity contribution in [2.45, 2.75) is 4.90 Å². The van der Waals surface area contributed by atoms with Crippen molar-refractivity contribution in [2.75, 3.05) is 37.7 Å². The molecule has 0 radical (unpaired) electrons. The molecule has 4 rings (SSSR count). The van der Waals surface area contributed by atoms with Gasteiger partial charge >= 0.3 is 0 Å². The van der Waals surface area contributed by atoms with Crippen LogP contribution in [0, 0.1) is 0 Å². The molecular weight excluding hydrogens is 566 g/mol. The molecule has 10 heteroatoms. The Bertz CT molecular complexity index is 1600. The van der Waals surface area contributed by atoms with Crippen LogP contribution in [-0.4, -0.2) is 44.8 Å². The summed E-state index contributed by atoms with van der Waals surface area (Å²) in [5, 5.41) is 8.41. The zero-order valence-corrected chi connectivity index (χ0v) is 24.7. The molecule has 4 aromatic rings. The van der Waals surface area contributed by atoms with Crippen LogP contribution in [0.15, 0.2) is 108 Å². The number of para-hydroxylation sites is 1. The zero-order chi connectivity index (χ0) is 30.6. The average Bonchev–Trinajstić information content (AvgIpc) is 3.04. The fraction of sp³-hybridized carbons (Fsp3) is 0.121. The Morgan fingerprint density at radius 2 is 1.42 bits per heavy atom. The van der Waals surface area contributed by atoms with Gasteiger partial charge in [0.1, 0.15) is 22.9 Å². The summed E-state index contributed by atoms with van der Waals surface area (Å²) < 4.78 is 15.9. The van der Waals surface area contributed by atoms with Gasteiger partial charge in [-0.2, -0.15) is 0 Å². The summed E-state index contributed by atoms with van der Waals surface area (Å²) in [4.78, 5) is 39.8. The van der Waals surface area contributed by atoms with Crippen LogP contribution in [0.3, 0.4) is 0 Å². The summed E-state index contributed by atoms with van der Waals surface area (Å²) in [7, 11) is 4.61. The van der Waals surface area contributed by atoms with E-state index in [0.717, 1.165) is 4.90 Å². The van der Waals surface area contributed by atoms with Crippen LogP contribution in [0.4, 0.5) is 11.4 Å². The first-order valence-electron chi connectivity index (χ1n) is 13.2. The van der Waals surface area contributed by atoms with Crippen LogP contribution >= 0.6 is 11.8 Å². The van der Waals surface area contributed by atoms with Crippen molar-refractivity contribution in [2.24, 2.45) is 0 Å². The normalized spacial score (nSPS) is 10.8. The summed E-state index contributed by atoms with van der Waals surface area (Å²) in [6, 6.07) is 28.0. The van der Waals surface area contributed by atoms with Crippen molar-refractivity contribution in [1.82, 2.24) is 5.32 Å². The predicted molar refractivity (Wildman–Crippen MR) is 169 cm³/mol. The van der Waals surface area contributed by atoms with E-state index in [1.54, 1.807) is 84.9 Å². The number of hydrogen-bond acceptors (Lipinski definition) is 7. The van der Waals surface area contributed by atoms with Gasteiger partial charge in [0.25, 0.3) is 11.8 Å². The van der Waals surface area contributed by atoms with Gasteiger partial charge in [0, 0.05) is 45.6 Å². The molecule has 0 atom stereocenters. The minimum Gasteiger partial charge on any atom is -0.497 e. The highest BCUT2D eigenvalue weighted by Crippen LogP contribution is 2.27. The predicted octanol–water partition coefficient (Wildman–Crippen LogP) is 5.85. The van der Waals surface area contributed by atoms with Crippen LogP contribution in [0.25, 0.3) is 6.08 Å². The lowest BCUT2D eigenvalue weighted by Crippen LogP contribution is -2.30. The molecule has 0 spiro atoms. The number of hydrogen-bond donors (Lipinski definition) is 3. The van der Waals surface area contributed by atoms with Gasteiger partial charge in [-0.3, -0.25) is 14.4 Å². The molecule has 0 unspecified atom stereocenters. The SMILES string of the molecule is COc1cc(NC(=O)CSc2cccc(NC(=O)/C(=C\c3ccccc3OC)NC(=O)c3ccccc3)c2)cc(OC)c1. The molecule has 3 amide bonds. The number of anilines is 2. The summed E-state index contributed by atoms with van der Waals surface area (Å²) in [6.45, 7) is 0. The first-order chi connectivity index (χ1) is 20.9. The third-order valence-electron chi connectivity index (χ3n) is 6.06. The molecule has 220 valence electrons. The molecule has 9 nitrogen and oxygen atoms in total. The topological polar surface area (TPSA) is 115 Å².